The molecule has 0 radical (unpaired) electrons. The van der Waals surface area contributed by atoms with E-state index in [1.165, 1.54) is 6.92 Å². The number of ketones is 1. The summed E-state index contributed by atoms with van der Waals surface area (Å²) in [6.07, 6.45) is 0.128. The molecular formula is C22H20N4O4. The molecule has 3 aromatic rings. The first-order chi connectivity index (χ1) is 14.4. The smallest absolute Gasteiger partial charge is 0.229 e. The van der Waals surface area contributed by atoms with Crippen LogP contribution >= 0.6 is 0 Å². The van der Waals surface area contributed by atoms with E-state index in [1.807, 2.05) is 24.3 Å². The fourth-order valence-electron chi connectivity index (χ4n) is 3.39. The number of Topliss-reactive ketones (excluding diaryl/α,β-unsaturated/α-hetero) is 1. The van der Waals surface area contributed by atoms with Crippen molar-refractivity contribution in [3.05, 3.63) is 60.0 Å². The van der Waals surface area contributed by atoms with E-state index in [0.29, 0.717) is 28.7 Å². The van der Waals surface area contributed by atoms with Gasteiger partial charge in [-0.15, -0.1) is 0 Å². The van der Waals surface area contributed by atoms with Crippen LogP contribution in [-0.2, 0) is 9.59 Å². The molecule has 4 rings (SSSR count). The monoisotopic (exact) mass is 404 g/mol. The number of nitrogens with one attached hydrogen (secondary N) is 1. The molecule has 1 fully saturated rings. The quantitative estimate of drug-likeness (QED) is 0.655. The van der Waals surface area contributed by atoms with E-state index in [9.17, 15) is 14.4 Å². The van der Waals surface area contributed by atoms with E-state index in [-0.39, 0.29) is 30.6 Å². The SMILES string of the molecule is CC(=O)c1ccc(NC(=O)[C@H]2CC(=O)N(c3cccc(-c4noc(C)n4)c3)C2)cc1. The second-order valence-corrected chi connectivity index (χ2v) is 7.22. The summed E-state index contributed by atoms with van der Waals surface area (Å²) in [7, 11) is 0. The fourth-order valence-corrected chi connectivity index (χ4v) is 3.39. The maximum absolute atomic E-state index is 12.7. The molecule has 1 N–H and O–H groups in total. The van der Waals surface area contributed by atoms with Gasteiger partial charge < -0.3 is 14.7 Å². The number of aryl methyl sites for hydroxylation is 1. The third-order valence-electron chi connectivity index (χ3n) is 5.00. The molecule has 1 saturated heterocycles. The highest BCUT2D eigenvalue weighted by Crippen LogP contribution is 2.29. The molecule has 0 spiro atoms. The predicted molar refractivity (Wildman–Crippen MR) is 110 cm³/mol. The number of amides is 2. The lowest BCUT2D eigenvalue weighted by atomic mass is 10.1. The summed E-state index contributed by atoms with van der Waals surface area (Å²) in [5.74, 6) is 0.0455. The molecule has 2 aromatic carbocycles. The molecule has 1 aromatic heterocycles. The van der Waals surface area contributed by atoms with Gasteiger partial charge in [-0.25, -0.2) is 0 Å². The van der Waals surface area contributed by atoms with Crippen molar-refractivity contribution < 1.29 is 18.9 Å². The molecule has 0 saturated carbocycles. The van der Waals surface area contributed by atoms with Gasteiger partial charge in [0.1, 0.15) is 0 Å². The summed E-state index contributed by atoms with van der Waals surface area (Å²) in [6.45, 7) is 3.48. The fraction of sp³-hybridized carbons (Fsp3) is 0.227. The zero-order chi connectivity index (χ0) is 21.3. The molecule has 2 heterocycles. The van der Waals surface area contributed by atoms with Crippen molar-refractivity contribution in [3.8, 4) is 11.4 Å². The van der Waals surface area contributed by atoms with Crippen molar-refractivity contribution in [3.63, 3.8) is 0 Å². The molecule has 0 bridgehead atoms. The number of carbonyl (C=O) groups is 3. The Kier molecular flexibility index (Phi) is 5.14. The Hall–Kier alpha value is -3.81. The van der Waals surface area contributed by atoms with Gasteiger partial charge in [0.25, 0.3) is 0 Å². The van der Waals surface area contributed by atoms with Crippen molar-refractivity contribution in [1.82, 2.24) is 10.1 Å². The van der Waals surface area contributed by atoms with Gasteiger partial charge in [-0.05, 0) is 43.3 Å². The molecule has 0 aliphatic carbocycles. The second kappa shape index (κ2) is 7.90. The average molecular weight is 404 g/mol. The van der Waals surface area contributed by atoms with E-state index >= 15 is 0 Å². The van der Waals surface area contributed by atoms with E-state index in [1.54, 1.807) is 36.1 Å². The molecule has 8 heteroatoms. The number of hydrogen-bond acceptors (Lipinski definition) is 6. The molecule has 1 aliphatic rings. The first-order valence-corrected chi connectivity index (χ1v) is 9.53. The van der Waals surface area contributed by atoms with Crippen LogP contribution in [0.5, 0.6) is 0 Å². The standard InChI is InChI=1S/C22H20N4O4/c1-13(27)15-6-8-18(9-7-15)24-22(29)17-11-20(28)26(12-17)19-5-3-4-16(10-19)21-23-14(2)30-25-21/h3-10,17H,11-12H2,1-2H3,(H,24,29)/t17-/m0/s1. The number of rotatable bonds is 5. The molecule has 1 aliphatic heterocycles. The van der Waals surface area contributed by atoms with Crippen LogP contribution in [0.4, 0.5) is 11.4 Å². The van der Waals surface area contributed by atoms with Crippen LogP contribution in [0.2, 0.25) is 0 Å². The van der Waals surface area contributed by atoms with Crippen LogP contribution in [-0.4, -0.2) is 34.3 Å². The minimum absolute atomic E-state index is 0.0388. The molecule has 1 atom stereocenters. The van der Waals surface area contributed by atoms with Crippen molar-refractivity contribution in [2.75, 3.05) is 16.8 Å². The van der Waals surface area contributed by atoms with E-state index in [0.717, 1.165) is 5.56 Å². The Bertz CT molecular complexity index is 1120. The topological polar surface area (TPSA) is 105 Å². The van der Waals surface area contributed by atoms with Gasteiger partial charge in [-0.1, -0.05) is 17.3 Å². The molecule has 0 unspecified atom stereocenters. The van der Waals surface area contributed by atoms with Crippen molar-refractivity contribution in [2.24, 2.45) is 5.92 Å². The van der Waals surface area contributed by atoms with Crippen LogP contribution in [0.25, 0.3) is 11.4 Å². The van der Waals surface area contributed by atoms with Crippen LogP contribution in [0.15, 0.2) is 53.1 Å². The van der Waals surface area contributed by atoms with Gasteiger partial charge in [0, 0.05) is 42.4 Å². The van der Waals surface area contributed by atoms with Gasteiger partial charge >= 0.3 is 0 Å². The summed E-state index contributed by atoms with van der Waals surface area (Å²) in [6, 6.07) is 14.0. The summed E-state index contributed by atoms with van der Waals surface area (Å²) < 4.78 is 5.02. The third kappa shape index (κ3) is 3.98. The summed E-state index contributed by atoms with van der Waals surface area (Å²) in [4.78, 5) is 42.4. The highest BCUT2D eigenvalue weighted by atomic mass is 16.5. The van der Waals surface area contributed by atoms with E-state index < -0.39 is 5.92 Å². The molecule has 8 nitrogen and oxygen atoms in total. The summed E-state index contributed by atoms with van der Waals surface area (Å²) >= 11 is 0. The van der Waals surface area contributed by atoms with Crippen molar-refractivity contribution in [1.29, 1.82) is 0 Å². The maximum Gasteiger partial charge on any atom is 0.229 e. The van der Waals surface area contributed by atoms with Crippen LogP contribution in [0.3, 0.4) is 0 Å². The lowest BCUT2D eigenvalue weighted by Gasteiger charge is -2.17. The Balaban J connectivity index is 1.46. The molecular weight excluding hydrogens is 384 g/mol. The zero-order valence-electron chi connectivity index (χ0n) is 16.6. The number of carbonyl (C=O) groups excluding carboxylic acids is 3. The number of aromatic nitrogens is 2. The van der Waals surface area contributed by atoms with E-state index in [4.69, 9.17) is 4.52 Å². The maximum atomic E-state index is 12.7. The number of anilines is 2. The highest BCUT2D eigenvalue weighted by molar-refractivity contribution is 6.04. The Morgan fingerprint density at radius 2 is 1.93 bits per heavy atom. The zero-order valence-corrected chi connectivity index (χ0v) is 16.6. The molecule has 152 valence electrons. The Labute approximate surface area is 172 Å². The van der Waals surface area contributed by atoms with Crippen molar-refractivity contribution >= 4 is 29.0 Å². The number of benzene rings is 2. The molecule has 30 heavy (non-hydrogen) atoms. The van der Waals surface area contributed by atoms with Crippen LogP contribution in [0.1, 0.15) is 29.6 Å². The Morgan fingerprint density at radius 1 is 1.17 bits per heavy atom. The minimum Gasteiger partial charge on any atom is -0.339 e. The van der Waals surface area contributed by atoms with Gasteiger partial charge in [0.2, 0.25) is 23.5 Å². The number of nitrogens with zero attached hydrogens (tertiary/aromatic N) is 3. The summed E-state index contributed by atoms with van der Waals surface area (Å²) in [5.41, 5.74) is 2.58. The van der Waals surface area contributed by atoms with Gasteiger partial charge in [-0.3, -0.25) is 14.4 Å². The van der Waals surface area contributed by atoms with Crippen LogP contribution < -0.4 is 10.2 Å². The Morgan fingerprint density at radius 3 is 2.60 bits per heavy atom. The first-order valence-electron chi connectivity index (χ1n) is 9.53. The van der Waals surface area contributed by atoms with Gasteiger partial charge in [0.15, 0.2) is 5.78 Å². The minimum atomic E-state index is -0.471. The highest BCUT2D eigenvalue weighted by Gasteiger charge is 2.35. The van der Waals surface area contributed by atoms with Crippen molar-refractivity contribution in [2.45, 2.75) is 20.3 Å². The largest absolute Gasteiger partial charge is 0.339 e. The normalized spacial score (nSPS) is 16.0. The van der Waals surface area contributed by atoms with Crippen LogP contribution in [0, 0.1) is 12.8 Å². The van der Waals surface area contributed by atoms with Gasteiger partial charge in [-0.2, -0.15) is 4.98 Å². The van der Waals surface area contributed by atoms with E-state index in [2.05, 4.69) is 15.5 Å². The molecule has 2 amide bonds. The average Bonchev–Trinajstić information content (AvgIpc) is 3.34. The summed E-state index contributed by atoms with van der Waals surface area (Å²) in [5, 5.41) is 6.73. The lowest BCUT2D eigenvalue weighted by Crippen LogP contribution is -2.28. The lowest BCUT2D eigenvalue weighted by molar-refractivity contribution is -0.122. The third-order valence-corrected chi connectivity index (χ3v) is 5.00. The second-order valence-electron chi connectivity index (χ2n) is 7.22. The first kappa shape index (κ1) is 19.5. The number of hydrogen-bond donors (Lipinski definition) is 1. The predicted octanol–water partition coefficient (Wildman–Crippen LogP) is 3.24. The van der Waals surface area contributed by atoms with Gasteiger partial charge in [0.05, 0.1) is 5.92 Å².